The summed E-state index contributed by atoms with van der Waals surface area (Å²) in [7, 11) is 0.610. The molecule has 0 bridgehead atoms. The molecule has 0 aliphatic rings. The Bertz CT molecular complexity index is 1460. The van der Waals surface area contributed by atoms with Crippen LogP contribution in [-0.4, -0.2) is 27.7 Å². The molecule has 164 valence electrons. The summed E-state index contributed by atoms with van der Waals surface area (Å²) < 4.78 is 2.04. The molecule has 1 N–H and O–H groups in total. The zero-order valence-corrected chi connectivity index (χ0v) is 20.4. The lowest BCUT2D eigenvalue weighted by Crippen LogP contribution is -2.37. The normalized spacial score (nSPS) is 11.8. The van der Waals surface area contributed by atoms with Crippen LogP contribution in [0.4, 0.5) is 0 Å². The van der Waals surface area contributed by atoms with Gasteiger partial charge in [-0.2, -0.15) is 0 Å². The van der Waals surface area contributed by atoms with Gasteiger partial charge in [0, 0.05) is 24.4 Å². The summed E-state index contributed by atoms with van der Waals surface area (Å²) in [4.78, 5) is 9.72. The largest absolute Gasteiger partial charge is 0.507 e. The number of benzene rings is 3. The molecule has 0 amide bonds. The van der Waals surface area contributed by atoms with Crippen molar-refractivity contribution in [3.8, 4) is 39.5 Å². The SMILES string of the molecule is Cn1c(-c2ccccc2O)nc2c(-c3cccc(-c4ccc([Si](C)(C)C)cn4)c3)cccc21. The van der Waals surface area contributed by atoms with E-state index in [2.05, 4.69) is 74.2 Å². The van der Waals surface area contributed by atoms with Crippen molar-refractivity contribution >= 4 is 24.3 Å². The molecule has 0 saturated carbocycles. The van der Waals surface area contributed by atoms with Gasteiger partial charge < -0.3 is 9.67 Å². The lowest BCUT2D eigenvalue weighted by molar-refractivity contribution is 0.476. The van der Waals surface area contributed by atoms with Gasteiger partial charge in [0.2, 0.25) is 0 Å². The molecular weight excluding hydrogens is 422 g/mol. The van der Waals surface area contributed by atoms with Crippen LogP contribution in [0.5, 0.6) is 5.75 Å². The number of aromatic nitrogens is 3. The standard InChI is InChI=1S/C28H27N3OSi/c1-31-25-13-8-12-22(27(25)30-28(31)23-11-5-6-14-26(23)32)19-9-7-10-20(17-19)24-16-15-21(18-29-24)33(2,3)4/h5-18,32H,1-4H3. The highest BCUT2D eigenvalue weighted by atomic mass is 28.3. The Morgan fingerprint density at radius 3 is 2.24 bits per heavy atom. The van der Waals surface area contributed by atoms with E-state index in [1.807, 2.05) is 36.0 Å². The summed E-state index contributed by atoms with van der Waals surface area (Å²) in [5.41, 5.74) is 6.88. The maximum absolute atomic E-state index is 10.4. The molecule has 5 aromatic rings. The average Bonchev–Trinajstić information content (AvgIpc) is 3.15. The molecule has 2 aromatic heterocycles. The number of pyridine rings is 1. The number of fused-ring (bicyclic) bond motifs is 1. The van der Waals surface area contributed by atoms with E-state index in [9.17, 15) is 5.11 Å². The maximum atomic E-state index is 10.4. The molecule has 0 atom stereocenters. The number of aryl methyl sites for hydroxylation is 1. The summed E-state index contributed by atoms with van der Waals surface area (Å²) in [5, 5.41) is 11.7. The van der Waals surface area contributed by atoms with Crippen LogP contribution >= 0.6 is 0 Å². The topological polar surface area (TPSA) is 50.9 Å². The predicted molar refractivity (Wildman–Crippen MR) is 139 cm³/mol. The second-order valence-electron chi connectivity index (χ2n) is 9.45. The first kappa shape index (κ1) is 21.2. The fraction of sp³-hybridized carbons (Fsp3) is 0.143. The quantitative estimate of drug-likeness (QED) is 0.331. The number of phenols is 1. The number of rotatable bonds is 4. The Morgan fingerprint density at radius 2 is 1.52 bits per heavy atom. The fourth-order valence-corrected chi connectivity index (χ4v) is 5.24. The highest BCUT2D eigenvalue weighted by molar-refractivity contribution is 6.88. The summed E-state index contributed by atoms with van der Waals surface area (Å²) in [6, 6.07) is 26.4. The monoisotopic (exact) mass is 449 g/mol. The second-order valence-corrected chi connectivity index (χ2v) is 14.5. The van der Waals surface area contributed by atoms with E-state index >= 15 is 0 Å². The zero-order chi connectivity index (χ0) is 23.2. The molecule has 3 aromatic carbocycles. The Balaban J connectivity index is 1.61. The van der Waals surface area contributed by atoms with Crippen molar-refractivity contribution in [2.45, 2.75) is 19.6 Å². The first-order valence-electron chi connectivity index (χ1n) is 11.1. The lowest BCUT2D eigenvalue weighted by Gasteiger charge is -2.16. The molecule has 33 heavy (non-hydrogen) atoms. The van der Waals surface area contributed by atoms with E-state index in [0.29, 0.717) is 0 Å². The second kappa shape index (κ2) is 8.01. The molecule has 0 unspecified atom stereocenters. The molecular formula is C28H27N3OSi. The van der Waals surface area contributed by atoms with Crippen LogP contribution in [0, 0.1) is 0 Å². The molecule has 0 radical (unpaired) electrons. The third-order valence-electron chi connectivity index (χ3n) is 6.16. The van der Waals surface area contributed by atoms with Gasteiger partial charge in [-0.3, -0.25) is 4.98 Å². The number of hydrogen-bond donors (Lipinski definition) is 1. The van der Waals surface area contributed by atoms with E-state index in [4.69, 9.17) is 9.97 Å². The van der Waals surface area contributed by atoms with Crippen LogP contribution in [0.1, 0.15) is 0 Å². The third-order valence-corrected chi connectivity index (χ3v) is 8.18. The van der Waals surface area contributed by atoms with Crippen LogP contribution in [-0.2, 0) is 7.05 Å². The van der Waals surface area contributed by atoms with Gasteiger partial charge in [0.15, 0.2) is 0 Å². The van der Waals surface area contributed by atoms with Crippen molar-refractivity contribution in [3.63, 3.8) is 0 Å². The van der Waals surface area contributed by atoms with Crippen molar-refractivity contribution in [3.05, 3.63) is 85.1 Å². The number of imidazole rings is 1. The molecule has 4 nitrogen and oxygen atoms in total. The highest BCUT2D eigenvalue weighted by Gasteiger charge is 2.18. The van der Waals surface area contributed by atoms with Crippen LogP contribution < -0.4 is 5.19 Å². The molecule has 0 aliphatic heterocycles. The smallest absolute Gasteiger partial charge is 0.144 e. The van der Waals surface area contributed by atoms with Crippen LogP contribution in [0.3, 0.4) is 0 Å². The minimum Gasteiger partial charge on any atom is -0.507 e. The van der Waals surface area contributed by atoms with E-state index in [0.717, 1.165) is 44.8 Å². The van der Waals surface area contributed by atoms with Gasteiger partial charge in [0.05, 0.1) is 30.4 Å². The predicted octanol–water partition coefficient (Wildman–Crippen LogP) is 6.22. The van der Waals surface area contributed by atoms with Crippen LogP contribution in [0.15, 0.2) is 85.1 Å². The van der Waals surface area contributed by atoms with Crippen LogP contribution in [0.25, 0.3) is 44.8 Å². The Hall–Kier alpha value is -3.70. The number of phenolic OH excluding ortho intramolecular Hbond substituents is 1. The average molecular weight is 450 g/mol. The summed E-state index contributed by atoms with van der Waals surface area (Å²) in [6.07, 6.45) is 2.03. The van der Waals surface area contributed by atoms with E-state index in [1.165, 1.54) is 5.19 Å². The van der Waals surface area contributed by atoms with Gasteiger partial charge >= 0.3 is 0 Å². The molecule has 0 aliphatic carbocycles. The summed E-state index contributed by atoms with van der Waals surface area (Å²) >= 11 is 0. The molecule has 5 rings (SSSR count). The van der Waals surface area contributed by atoms with Crippen molar-refractivity contribution in [2.75, 3.05) is 0 Å². The lowest BCUT2D eigenvalue weighted by atomic mass is 10.0. The molecule has 2 heterocycles. The third kappa shape index (κ3) is 3.85. The first-order chi connectivity index (χ1) is 15.8. The molecule has 0 fully saturated rings. The fourth-order valence-electron chi connectivity index (χ4n) is 4.21. The molecule has 0 saturated heterocycles. The molecule has 5 heteroatoms. The number of hydrogen-bond acceptors (Lipinski definition) is 3. The summed E-state index contributed by atoms with van der Waals surface area (Å²) in [5.74, 6) is 0.975. The van der Waals surface area contributed by atoms with Crippen molar-refractivity contribution in [2.24, 2.45) is 7.05 Å². The van der Waals surface area contributed by atoms with Gasteiger partial charge in [-0.25, -0.2) is 4.98 Å². The van der Waals surface area contributed by atoms with Crippen molar-refractivity contribution in [1.29, 1.82) is 0 Å². The minimum absolute atomic E-state index is 0.229. The molecule has 0 spiro atoms. The number of aromatic hydroxyl groups is 1. The van der Waals surface area contributed by atoms with E-state index < -0.39 is 8.07 Å². The van der Waals surface area contributed by atoms with E-state index in [-0.39, 0.29) is 5.75 Å². The van der Waals surface area contributed by atoms with Crippen LogP contribution in [0.2, 0.25) is 19.6 Å². The highest BCUT2D eigenvalue weighted by Crippen LogP contribution is 2.35. The number of nitrogens with zero attached hydrogens (tertiary/aromatic N) is 3. The Labute approximate surface area is 195 Å². The maximum Gasteiger partial charge on any atom is 0.144 e. The summed E-state index contributed by atoms with van der Waals surface area (Å²) in [6.45, 7) is 7.00. The Kier molecular flexibility index (Phi) is 5.14. The van der Waals surface area contributed by atoms with Gasteiger partial charge in [-0.15, -0.1) is 0 Å². The zero-order valence-electron chi connectivity index (χ0n) is 19.4. The van der Waals surface area contributed by atoms with E-state index in [1.54, 1.807) is 6.07 Å². The van der Waals surface area contributed by atoms with Gasteiger partial charge in [-0.05, 0) is 41.1 Å². The Morgan fingerprint density at radius 1 is 0.788 bits per heavy atom. The van der Waals surface area contributed by atoms with Crippen molar-refractivity contribution < 1.29 is 5.11 Å². The minimum atomic E-state index is -1.38. The first-order valence-corrected chi connectivity index (χ1v) is 14.6. The van der Waals surface area contributed by atoms with Crippen molar-refractivity contribution in [1.82, 2.24) is 14.5 Å². The van der Waals surface area contributed by atoms with Gasteiger partial charge in [-0.1, -0.05) is 68.2 Å². The van der Waals surface area contributed by atoms with Gasteiger partial charge in [0.1, 0.15) is 11.6 Å². The van der Waals surface area contributed by atoms with Gasteiger partial charge in [0.25, 0.3) is 0 Å². The number of para-hydroxylation sites is 2.